The predicted molar refractivity (Wildman–Crippen MR) is 98.8 cm³/mol. The summed E-state index contributed by atoms with van der Waals surface area (Å²) in [5.74, 6) is -1.12. The Morgan fingerprint density at radius 3 is 2.52 bits per heavy atom. The van der Waals surface area contributed by atoms with Crippen molar-refractivity contribution < 1.29 is 27.5 Å². The SMILES string of the molecule is CCC(CC)NC(=O)COC(=O)c1cccc(S(=O)(=O)N2CCOCC2)c1. The van der Waals surface area contributed by atoms with Crippen LogP contribution in [0, 0.1) is 0 Å². The summed E-state index contributed by atoms with van der Waals surface area (Å²) in [6.45, 7) is 4.73. The van der Waals surface area contributed by atoms with Crippen molar-refractivity contribution in [3.8, 4) is 0 Å². The fraction of sp³-hybridized carbons (Fsp3) is 0.556. The van der Waals surface area contributed by atoms with Gasteiger partial charge in [-0.1, -0.05) is 19.9 Å². The molecule has 0 radical (unpaired) electrons. The van der Waals surface area contributed by atoms with E-state index in [-0.39, 0.29) is 35.5 Å². The Bertz CT molecular complexity index is 755. The van der Waals surface area contributed by atoms with Gasteiger partial charge in [-0.25, -0.2) is 13.2 Å². The molecule has 0 aliphatic carbocycles. The molecule has 2 rings (SSSR count). The maximum absolute atomic E-state index is 12.7. The summed E-state index contributed by atoms with van der Waals surface area (Å²) in [5.41, 5.74) is 0.0830. The summed E-state index contributed by atoms with van der Waals surface area (Å²) >= 11 is 0. The van der Waals surface area contributed by atoms with Gasteiger partial charge in [0.15, 0.2) is 6.61 Å². The second-order valence-electron chi connectivity index (χ2n) is 6.20. The van der Waals surface area contributed by atoms with E-state index in [0.717, 1.165) is 12.8 Å². The van der Waals surface area contributed by atoms with Crippen LogP contribution in [0.4, 0.5) is 0 Å². The number of sulfonamides is 1. The predicted octanol–water partition coefficient (Wildman–Crippen LogP) is 1.17. The highest BCUT2D eigenvalue weighted by atomic mass is 32.2. The molecule has 1 aromatic rings. The van der Waals surface area contributed by atoms with E-state index in [4.69, 9.17) is 9.47 Å². The fourth-order valence-electron chi connectivity index (χ4n) is 2.70. The average Bonchev–Trinajstić information content (AvgIpc) is 2.70. The topological polar surface area (TPSA) is 102 Å². The van der Waals surface area contributed by atoms with Gasteiger partial charge in [0.05, 0.1) is 23.7 Å². The van der Waals surface area contributed by atoms with Crippen LogP contribution in [-0.4, -0.2) is 63.6 Å². The van der Waals surface area contributed by atoms with Crippen molar-refractivity contribution in [2.45, 2.75) is 37.6 Å². The zero-order valence-corrected chi connectivity index (χ0v) is 16.5. The molecule has 0 atom stereocenters. The van der Waals surface area contributed by atoms with Crippen LogP contribution in [0.3, 0.4) is 0 Å². The number of morpholine rings is 1. The Morgan fingerprint density at radius 1 is 1.22 bits per heavy atom. The molecule has 0 bridgehead atoms. The number of esters is 1. The summed E-state index contributed by atoms with van der Waals surface area (Å²) in [4.78, 5) is 24.0. The van der Waals surface area contributed by atoms with E-state index in [9.17, 15) is 18.0 Å². The number of carbonyl (C=O) groups is 2. The molecule has 1 saturated heterocycles. The van der Waals surface area contributed by atoms with E-state index in [0.29, 0.717) is 13.2 Å². The summed E-state index contributed by atoms with van der Waals surface area (Å²) in [5, 5.41) is 2.77. The Morgan fingerprint density at radius 2 is 1.89 bits per heavy atom. The molecule has 0 unspecified atom stereocenters. The summed E-state index contributed by atoms with van der Waals surface area (Å²) in [6, 6.07) is 5.68. The Labute approximate surface area is 159 Å². The number of ether oxygens (including phenoxy) is 2. The number of amides is 1. The molecular weight excluding hydrogens is 372 g/mol. The van der Waals surface area contributed by atoms with Gasteiger partial charge in [0.2, 0.25) is 10.0 Å². The van der Waals surface area contributed by atoms with E-state index >= 15 is 0 Å². The van der Waals surface area contributed by atoms with Gasteiger partial charge in [-0.15, -0.1) is 0 Å². The smallest absolute Gasteiger partial charge is 0.338 e. The molecule has 0 aromatic heterocycles. The first-order valence-corrected chi connectivity index (χ1v) is 10.5. The Balaban J connectivity index is 2.01. The van der Waals surface area contributed by atoms with Crippen molar-refractivity contribution in [3.05, 3.63) is 29.8 Å². The minimum atomic E-state index is -3.71. The van der Waals surface area contributed by atoms with Crippen LogP contribution < -0.4 is 5.32 Å². The molecule has 0 saturated carbocycles. The molecule has 1 fully saturated rings. The molecule has 27 heavy (non-hydrogen) atoms. The van der Waals surface area contributed by atoms with Crippen LogP contribution in [0.1, 0.15) is 37.0 Å². The molecule has 1 N–H and O–H groups in total. The molecule has 0 spiro atoms. The normalized spacial score (nSPS) is 15.5. The average molecular weight is 398 g/mol. The maximum atomic E-state index is 12.7. The lowest BCUT2D eigenvalue weighted by Gasteiger charge is -2.26. The molecule has 9 heteroatoms. The van der Waals surface area contributed by atoms with E-state index in [1.54, 1.807) is 0 Å². The fourth-order valence-corrected chi connectivity index (χ4v) is 4.15. The summed E-state index contributed by atoms with van der Waals surface area (Å²) in [6.07, 6.45) is 1.58. The van der Waals surface area contributed by atoms with Crippen LogP contribution >= 0.6 is 0 Å². The number of hydrogen-bond acceptors (Lipinski definition) is 6. The van der Waals surface area contributed by atoms with Crippen molar-refractivity contribution in [3.63, 3.8) is 0 Å². The highest BCUT2D eigenvalue weighted by Gasteiger charge is 2.27. The number of nitrogens with zero attached hydrogens (tertiary/aromatic N) is 1. The highest BCUT2D eigenvalue weighted by molar-refractivity contribution is 7.89. The van der Waals surface area contributed by atoms with Crippen LogP contribution in [-0.2, 0) is 24.3 Å². The number of nitrogens with one attached hydrogen (secondary N) is 1. The van der Waals surface area contributed by atoms with Crippen molar-refractivity contribution in [2.75, 3.05) is 32.9 Å². The van der Waals surface area contributed by atoms with Gasteiger partial charge in [0, 0.05) is 19.1 Å². The Kier molecular flexibility index (Phi) is 7.76. The zero-order valence-electron chi connectivity index (χ0n) is 15.6. The number of hydrogen-bond donors (Lipinski definition) is 1. The first-order chi connectivity index (χ1) is 12.9. The monoisotopic (exact) mass is 398 g/mol. The standard InChI is InChI=1S/C18H26N2O6S/c1-3-15(4-2)19-17(21)13-26-18(22)14-6-5-7-16(12-14)27(23,24)20-8-10-25-11-9-20/h5-7,12,15H,3-4,8-11,13H2,1-2H3,(H,19,21). The van der Waals surface area contributed by atoms with Crippen molar-refractivity contribution in [1.82, 2.24) is 9.62 Å². The molecule has 1 amide bonds. The zero-order chi connectivity index (χ0) is 19.9. The second kappa shape index (κ2) is 9.82. The molecular formula is C18H26N2O6S. The molecule has 1 heterocycles. The van der Waals surface area contributed by atoms with Gasteiger partial charge in [-0.2, -0.15) is 4.31 Å². The number of carbonyl (C=O) groups excluding carboxylic acids is 2. The van der Waals surface area contributed by atoms with Crippen LogP contribution in [0.15, 0.2) is 29.2 Å². The van der Waals surface area contributed by atoms with Gasteiger partial charge in [0.1, 0.15) is 0 Å². The van der Waals surface area contributed by atoms with Crippen molar-refractivity contribution in [2.24, 2.45) is 0 Å². The highest BCUT2D eigenvalue weighted by Crippen LogP contribution is 2.18. The number of rotatable bonds is 8. The van der Waals surface area contributed by atoms with Crippen molar-refractivity contribution in [1.29, 1.82) is 0 Å². The van der Waals surface area contributed by atoms with Crippen LogP contribution in [0.2, 0.25) is 0 Å². The van der Waals surface area contributed by atoms with Crippen molar-refractivity contribution >= 4 is 21.9 Å². The maximum Gasteiger partial charge on any atom is 0.338 e. The van der Waals surface area contributed by atoms with E-state index in [1.165, 1.54) is 28.6 Å². The minimum absolute atomic E-state index is 0.0142. The van der Waals surface area contributed by atoms with Crippen LogP contribution in [0.25, 0.3) is 0 Å². The van der Waals surface area contributed by atoms with Gasteiger partial charge < -0.3 is 14.8 Å². The lowest BCUT2D eigenvalue weighted by Crippen LogP contribution is -2.40. The molecule has 1 aliphatic rings. The molecule has 8 nitrogen and oxygen atoms in total. The summed E-state index contributed by atoms with van der Waals surface area (Å²) < 4.78 is 36.8. The third-order valence-corrected chi connectivity index (χ3v) is 6.26. The van der Waals surface area contributed by atoms with Gasteiger partial charge in [-0.3, -0.25) is 4.79 Å². The van der Waals surface area contributed by atoms with Gasteiger partial charge in [0.25, 0.3) is 5.91 Å². The first kappa shape index (κ1) is 21.3. The van der Waals surface area contributed by atoms with E-state index < -0.39 is 22.6 Å². The largest absolute Gasteiger partial charge is 0.452 e. The number of benzene rings is 1. The Hall–Kier alpha value is -1.97. The lowest BCUT2D eigenvalue weighted by molar-refractivity contribution is -0.125. The van der Waals surface area contributed by atoms with Gasteiger partial charge in [-0.05, 0) is 31.0 Å². The third kappa shape index (κ3) is 5.75. The van der Waals surface area contributed by atoms with Gasteiger partial charge >= 0.3 is 5.97 Å². The second-order valence-corrected chi connectivity index (χ2v) is 8.14. The molecule has 150 valence electrons. The third-order valence-electron chi connectivity index (χ3n) is 4.36. The molecule has 1 aliphatic heterocycles. The van der Waals surface area contributed by atoms with Crippen LogP contribution in [0.5, 0.6) is 0 Å². The molecule has 1 aromatic carbocycles. The summed E-state index contributed by atoms with van der Waals surface area (Å²) in [7, 11) is -3.71. The van der Waals surface area contributed by atoms with E-state index in [1.807, 2.05) is 13.8 Å². The quantitative estimate of drug-likeness (QED) is 0.660. The first-order valence-electron chi connectivity index (χ1n) is 9.03. The lowest BCUT2D eigenvalue weighted by atomic mass is 10.2. The minimum Gasteiger partial charge on any atom is -0.452 e. The van der Waals surface area contributed by atoms with E-state index in [2.05, 4.69) is 5.32 Å².